The van der Waals surface area contributed by atoms with Gasteiger partial charge in [0, 0.05) is 0 Å². The van der Waals surface area contributed by atoms with E-state index < -0.39 is 11.6 Å². The van der Waals surface area contributed by atoms with Crippen molar-refractivity contribution in [2.75, 3.05) is 6.61 Å². The van der Waals surface area contributed by atoms with E-state index in [0.29, 0.717) is 5.92 Å². The number of alkyl carbamates (subject to hydrolysis) is 1. The molecule has 0 heterocycles. The third-order valence-corrected chi connectivity index (χ3v) is 3.74. The molecule has 2 atom stereocenters. The fraction of sp³-hybridized carbons (Fsp3) is 0.533. The van der Waals surface area contributed by atoms with Gasteiger partial charge in [-0.3, -0.25) is 0 Å². The Hall–Kier alpha value is -1.55. The summed E-state index contributed by atoms with van der Waals surface area (Å²) in [4.78, 5) is 11.8. The topological polar surface area (TPSA) is 58.6 Å². The normalized spacial score (nSPS) is 26.1. The Morgan fingerprint density at radius 3 is 2.79 bits per heavy atom. The highest BCUT2D eigenvalue weighted by molar-refractivity contribution is 5.68. The lowest BCUT2D eigenvalue weighted by Gasteiger charge is -2.27. The van der Waals surface area contributed by atoms with E-state index in [-0.39, 0.29) is 13.2 Å². The molecule has 0 bridgehead atoms. The summed E-state index contributed by atoms with van der Waals surface area (Å²) in [6.45, 7) is 2.36. The summed E-state index contributed by atoms with van der Waals surface area (Å²) in [6, 6.07) is 9.55. The predicted octanol–water partition coefficient (Wildman–Crippen LogP) is 2.46. The molecule has 1 aliphatic carbocycles. The molecular formula is C15H21NO3. The van der Waals surface area contributed by atoms with Crippen LogP contribution in [0.2, 0.25) is 0 Å². The Kier molecular flexibility index (Phi) is 4.43. The van der Waals surface area contributed by atoms with Crippen LogP contribution in [0.1, 0.15) is 31.7 Å². The number of nitrogens with one attached hydrogen (secondary N) is 1. The summed E-state index contributed by atoms with van der Waals surface area (Å²) in [7, 11) is 0. The molecule has 1 aliphatic rings. The average Bonchev–Trinajstić information content (AvgIpc) is 2.79. The average molecular weight is 263 g/mol. The number of hydrogen-bond acceptors (Lipinski definition) is 3. The van der Waals surface area contributed by atoms with Crippen LogP contribution < -0.4 is 5.32 Å². The summed E-state index contributed by atoms with van der Waals surface area (Å²) in [5.41, 5.74) is 0.461. The van der Waals surface area contributed by atoms with Gasteiger partial charge < -0.3 is 15.2 Å². The Labute approximate surface area is 113 Å². The van der Waals surface area contributed by atoms with Crippen molar-refractivity contribution >= 4 is 6.09 Å². The van der Waals surface area contributed by atoms with Crippen LogP contribution in [0, 0.1) is 5.92 Å². The Morgan fingerprint density at radius 2 is 2.21 bits per heavy atom. The maximum atomic E-state index is 11.8. The van der Waals surface area contributed by atoms with Gasteiger partial charge in [0.1, 0.15) is 6.61 Å². The van der Waals surface area contributed by atoms with E-state index in [1.165, 1.54) is 0 Å². The minimum atomic E-state index is -0.493. The van der Waals surface area contributed by atoms with E-state index in [4.69, 9.17) is 4.74 Å². The second-order valence-electron chi connectivity index (χ2n) is 5.47. The molecule has 1 fully saturated rings. The maximum absolute atomic E-state index is 11.8. The molecule has 1 aromatic rings. The Morgan fingerprint density at radius 1 is 1.47 bits per heavy atom. The monoisotopic (exact) mass is 263 g/mol. The van der Waals surface area contributed by atoms with Crippen molar-refractivity contribution in [1.29, 1.82) is 0 Å². The Bertz CT molecular complexity index is 421. The van der Waals surface area contributed by atoms with Crippen molar-refractivity contribution in [3.05, 3.63) is 35.9 Å². The largest absolute Gasteiger partial charge is 0.445 e. The molecule has 0 saturated heterocycles. The van der Waals surface area contributed by atoms with Crippen LogP contribution in [0.3, 0.4) is 0 Å². The van der Waals surface area contributed by atoms with Crippen LogP contribution in [0.4, 0.5) is 4.79 Å². The minimum absolute atomic E-state index is 0.0300. The SMILES string of the molecule is CC1CCC(CO)(NC(=O)OCc2ccccc2)C1. The maximum Gasteiger partial charge on any atom is 0.407 e. The van der Waals surface area contributed by atoms with E-state index in [1.54, 1.807) is 0 Å². The smallest absolute Gasteiger partial charge is 0.407 e. The van der Waals surface area contributed by atoms with Gasteiger partial charge in [0.2, 0.25) is 0 Å². The lowest BCUT2D eigenvalue weighted by atomic mass is 9.98. The van der Waals surface area contributed by atoms with Gasteiger partial charge >= 0.3 is 6.09 Å². The highest BCUT2D eigenvalue weighted by Crippen LogP contribution is 2.33. The molecular weight excluding hydrogens is 242 g/mol. The van der Waals surface area contributed by atoms with E-state index in [1.807, 2.05) is 30.3 Å². The Balaban J connectivity index is 1.84. The van der Waals surface area contributed by atoms with Gasteiger partial charge in [-0.05, 0) is 30.7 Å². The number of hydrogen-bond donors (Lipinski definition) is 2. The predicted molar refractivity (Wildman–Crippen MR) is 72.6 cm³/mol. The zero-order chi connectivity index (χ0) is 13.7. The van der Waals surface area contributed by atoms with Crippen molar-refractivity contribution in [2.24, 2.45) is 5.92 Å². The molecule has 2 N–H and O–H groups in total. The van der Waals surface area contributed by atoms with Crippen molar-refractivity contribution in [1.82, 2.24) is 5.32 Å². The van der Waals surface area contributed by atoms with Crippen LogP contribution in [0.5, 0.6) is 0 Å². The quantitative estimate of drug-likeness (QED) is 0.877. The fourth-order valence-electron chi connectivity index (χ4n) is 2.67. The molecule has 4 nitrogen and oxygen atoms in total. The lowest BCUT2D eigenvalue weighted by molar-refractivity contribution is 0.106. The molecule has 0 radical (unpaired) electrons. The molecule has 1 amide bonds. The number of aliphatic hydroxyl groups is 1. The van der Waals surface area contributed by atoms with E-state index in [0.717, 1.165) is 24.8 Å². The lowest BCUT2D eigenvalue weighted by Crippen LogP contribution is -2.49. The molecule has 2 unspecified atom stereocenters. The number of ether oxygens (including phenoxy) is 1. The first-order chi connectivity index (χ1) is 9.13. The van der Waals surface area contributed by atoms with Crippen molar-refractivity contribution in [2.45, 2.75) is 38.3 Å². The van der Waals surface area contributed by atoms with Crippen LogP contribution in [-0.2, 0) is 11.3 Å². The zero-order valence-electron chi connectivity index (χ0n) is 11.3. The number of amides is 1. The number of rotatable bonds is 4. The third-order valence-electron chi connectivity index (χ3n) is 3.74. The summed E-state index contributed by atoms with van der Waals surface area (Å²) >= 11 is 0. The van der Waals surface area contributed by atoms with Crippen molar-refractivity contribution in [3.63, 3.8) is 0 Å². The van der Waals surface area contributed by atoms with Crippen LogP contribution in [-0.4, -0.2) is 23.3 Å². The van der Waals surface area contributed by atoms with Gasteiger partial charge in [-0.25, -0.2) is 4.79 Å². The fourth-order valence-corrected chi connectivity index (χ4v) is 2.67. The van der Waals surface area contributed by atoms with Gasteiger partial charge in [-0.2, -0.15) is 0 Å². The summed E-state index contributed by atoms with van der Waals surface area (Å²) in [5.74, 6) is 0.529. The molecule has 1 aromatic carbocycles. The first-order valence-corrected chi connectivity index (χ1v) is 6.73. The molecule has 0 aromatic heterocycles. The van der Waals surface area contributed by atoms with Crippen LogP contribution >= 0.6 is 0 Å². The summed E-state index contributed by atoms with van der Waals surface area (Å²) < 4.78 is 5.19. The van der Waals surface area contributed by atoms with Crippen LogP contribution in [0.15, 0.2) is 30.3 Å². The van der Waals surface area contributed by atoms with E-state index in [9.17, 15) is 9.90 Å². The number of benzene rings is 1. The summed E-state index contributed by atoms with van der Waals surface area (Å²) in [5, 5.41) is 12.3. The van der Waals surface area contributed by atoms with Gasteiger partial charge in [0.25, 0.3) is 0 Å². The van der Waals surface area contributed by atoms with E-state index >= 15 is 0 Å². The molecule has 0 aliphatic heterocycles. The number of carbonyl (C=O) groups is 1. The highest BCUT2D eigenvalue weighted by atomic mass is 16.5. The second-order valence-corrected chi connectivity index (χ2v) is 5.47. The van der Waals surface area contributed by atoms with Crippen LogP contribution in [0.25, 0.3) is 0 Å². The molecule has 104 valence electrons. The summed E-state index contributed by atoms with van der Waals surface area (Å²) in [6.07, 6.45) is 2.20. The van der Waals surface area contributed by atoms with E-state index in [2.05, 4.69) is 12.2 Å². The molecule has 1 saturated carbocycles. The first-order valence-electron chi connectivity index (χ1n) is 6.73. The van der Waals surface area contributed by atoms with Crippen molar-refractivity contribution in [3.8, 4) is 0 Å². The van der Waals surface area contributed by atoms with Gasteiger partial charge in [0.15, 0.2) is 0 Å². The first kappa shape index (κ1) is 13.9. The van der Waals surface area contributed by atoms with Crippen molar-refractivity contribution < 1.29 is 14.6 Å². The van der Waals surface area contributed by atoms with Gasteiger partial charge in [0.05, 0.1) is 12.1 Å². The molecule has 4 heteroatoms. The minimum Gasteiger partial charge on any atom is -0.445 e. The molecule has 2 rings (SSSR count). The standard InChI is InChI=1S/C15H21NO3/c1-12-7-8-15(9-12,11-17)16-14(18)19-10-13-5-3-2-4-6-13/h2-6,12,17H,7-11H2,1H3,(H,16,18). The number of carbonyl (C=O) groups excluding carboxylic acids is 1. The highest BCUT2D eigenvalue weighted by Gasteiger charge is 2.38. The number of aliphatic hydroxyl groups excluding tert-OH is 1. The van der Waals surface area contributed by atoms with Gasteiger partial charge in [-0.15, -0.1) is 0 Å². The van der Waals surface area contributed by atoms with Gasteiger partial charge in [-0.1, -0.05) is 37.3 Å². The zero-order valence-corrected chi connectivity index (χ0v) is 11.3. The molecule has 19 heavy (non-hydrogen) atoms. The second kappa shape index (κ2) is 6.06. The third kappa shape index (κ3) is 3.70. The molecule has 0 spiro atoms.